The third kappa shape index (κ3) is 3.24. The van der Waals surface area contributed by atoms with Crippen molar-refractivity contribution in [2.45, 2.75) is 31.5 Å². The lowest BCUT2D eigenvalue weighted by atomic mass is 9.64. The Morgan fingerprint density at radius 1 is 1.16 bits per heavy atom. The van der Waals surface area contributed by atoms with Crippen LogP contribution in [0.4, 0.5) is 0 Å². The molecular weight excluding hydrogens is 316 g/mol. The summed E-state index contributed by atoms with van der Waals surface area (Å²) in [7, 11) is 0. The van der Waals surface area contributed by atoms with E-state index in [0.29, 0.717) is 11.8 Å². The van der Waals surface area contributed by atoms with Crippen LogP contribution in [0.2, 0.25) is 0 Å². The molecule has 25 heavy (non-hydrogen) atoms. The van der Waals surface area contributed by atoms with E-state index in [0.717, 1.165) is 19.4 Å². The van der Waals surface area contributed by atoms with E-state index >= 15 is 0 Å². The van der Waals surface area contributed by atoms with E-state index < -0.39 is 0 Å². The number of carbonyl (C=O) groups is 1. The molecule has 2 heterocycles. The van der Waals surface area contributed by atoms with Gasteiger partial charge in [0.1, 0.15) is 6.54 Å². The van der Waals surface area contributed by atoms with Gasteiger partial charge in [0.15, 0.2) is 0 Å². The first-order valence-corrected chi connectivity index (χ1v) is 8.83. The lowest BCUT2D eigenvalue weighted by Crippen LogP contribution is -2.62. The molecular formula is C20H22N2O3. The summed E-state index contributed by atoms with van der Waals surface area (Å²) in [6, 6.07) is 15.4. The minimum Gasteiger partial charge on any atom is -0.377 e. The van der Waals surface area contributed by atoms with Gasteiger partial charge in [0.05, 0.1) is 6.10 Å². The number of aromatic nitrogens is 1. The Balaban J connectivity index is 1.43. The molecule has 4 rings (SSSR count). The molecule has 1 aromatic carbocycles. The number of nitrogens with zero attached hydrogens (tertiary/aromatic N) is 1. The second-order valence-electron chi connectivity index (χ2n) is 6.90. The molecule has 1 aromatic heterocycles. The summed E-state index contributed by atoms with van der Waals surface area (Å²) in [4.78, 5) is 24.2. The number of nitrogens with one attached hydrogen (secondary N) is 1. The fourth-order valence-electron chi connectivity index (χ4n) is 4.15. The Morgan fingerprint density at radius 2 is 1.96 bits per heavy atom. The van der Waals surface area contributed by atoms with Gasteiger partial charge >= 0.3 is 0 Å². The molecule has 0 unspecified atom stereocenters. The quantitative estimate of drug-likeness (QED) is 0.901. The van der Waals surface area contributed by atoms with Crippen LogP contribution in [0.5, 0.6) is 0 Å². The molecule has 5 nitrogen and oxygen atoms in total. The third-order valence-electron chi connectivity index (χ3n) is 5.38. The van der Waals surface area contributed by atoms with Crippen molar-refractivity contribution in [1.29, 1.82) is 0 Å². The van der Waals surface area contributed by atoms with Gasteiger partial charge in [-0.05, 0) is 24.5 Å². The first-order valence-electron chi connectivity index (χ1n) is 8.83. The Hall–Kier alpha value is -2.40. The molecule has 2 fully saturated rings. The monoisotopic (exact) mass is 338 g/mol. The van der Waals surface area contributed by atoms with Gasteiger partial charge in [0.2, 0.25) is 5.91 Å². The topological polar surface area (TPSA) is 60.3 Å². The highest BCUT2D eigenvalue weighted by atomic mass is 16.5. The molecule has 2 aromatic rings. The molecule has 1 N–H and O–H groups in total. The molecule has 2 aliphatic rings. The number of amides is 1. The minimum absolute atomic E-state index is 0.0620. The molecule has 0 radical (unpaired) electrons. The molecule has 1 saturated carbocycles. The maximum atomic E-state index is 12.4. The highest BCUT2D eigenvalue weighted by Gasteiger charge is 2.53. The van der Waals surface area contributed by atoms with Crippen LogP contribution in [0, 0.1) is 11.8 Å². The first kappa shape index (κ1) is 16.1. The van der Waals surface area contributed by atoms with Crippen molar-refractivity contribution in [3.05, 3.63) is 70.6 Å². The number of hydrogen-bond donors (Lipinski definition) is 1. The molecule has 5 heteroatoms. The van der Waals surface area contributed by atoms with E-state index in [4.69, 9.17) is 4.74 Å². The van der Waals surface area contributed by atoms with Crippen molar-refractivity contribution in [3.8, 4) is 0 Å². The largest absolute Gasteiger partial charge is 0.377 e. The number of rotatable bonds is 5. The van der Waals surface area contributed by atoms with Crippen molar-refractivity contribution in [3.63, 3.8) is 0 Å². The van der Waals surface area contributed by atoms with Gasteiger partial charge in [0.25, 0.3) is 5.56 Å². The Kier molecular flexibility index (Phi) is 4.40. The van der Waals surface area contributed by atoms with E-state index in [1.807, 2.05) is 18.2 Å². The molecule has 1 aliphatic heterocycles. The summed E-state index contributed by atoms with van der Waals surface area (Å²) in [6.45, 7) is 0.831. The SMILES string of the molecule is O=C(Cn1ccccc1=O)N[C@@H]1[C@H]2CCO[C@H]2[C@H]1Cc1ccccc1. The van der Waals surface area contributed by atoms with Gasteiger partial charge in [-0.25, -0.2) is 0 Å². The van der Waals surface area contributed by atoms with Crippen LogP contribution in [-0.2, 0) is 22.5 Å². The fraction of sp³-hybridized carbons (Fsp3) is 0.400. The van der Waals surface area contributed by atoms with Crippen LogP contribution in [0.15, 0.2) is 59.5 Å². The number of carbonyl (C=O) groups excluding carboxylic acids is 1. The summed E-state index contributed by atoms with van der Waals surface area (Å²) in [5.41, 5.74) is 1.11. The van der Waals surface area contributed by atoms with Crippen LogP contribution in [-0.4, -0.2) is 29.2 Å². The summed E-state index contributed by atoms with van der Waals surface area (Å²) in [5.74, 6) is 0.582. The molecule has 1 aliphatic carbocycles. The average Bonchev–Trinajstić information content (AvgIpc) is 3.05. The van der Waals surface area contributed by atoms with Crippen molar-refractivity contribution < 1.29 is 9.53 Å². The standard InChI is InChI=1S/C20H22N2O3/c23-17(13-22-10-5-4-8-18(22)24)21-19-15-9-11-25-20(15)16(19)12-14-6-2-1-3-7-14/h1-8,10,15-16,19-20H,9,11-13H2,(H,21,23)/t15-,16+,19-,20-/m1/s1. The highest BCUT2D eigenvalue weighted by Crippen LogP contribution is 2.45. The summed E-state index contributed by atoms with van der Waals surface area (Å²) in [6.07, 6.45) is 3.78. The van der Waals surface area contributed by atoms with Gasteiger partial charge in [-0.15, -0.1) is 0 Å². The molecule has 0 spiro atoms. The second kappa shape index (κ2) is 6.84. The van der Waals surface area contributed by atoms with Crippen molar-refractivity contribution in [2.75, 3.05) is 6.61 Å². The van der Waals surface area contributed by atoms with Crippen LogP contribution in [0.3, 0.4) is 0 Å². The van der Waals surface area contributed by atoms with Gasteiger partial charge in [-0.1, -0.05) is 36.4 Å². The van der Waals surface area contributed by atoms with Crippen molar-refractivity contribution in [2.24, 2.45) is 11.8 Å². The Bertz CT molecular complexity index is 802. The zero-order chi connectivity index (χ0) is 17.2. The number of benzene rings is 1. The Labute approximate surface area is 146 Å². The van der Waals surface area contributed by atoms with Gasteiger partial charge < -0.3 is 14.6 Å². The van der Waals surface area contributed by atoms with E-state index in [1.165, 1.54) is 16.2 Å². The average molecular weight is 338 g/mol. The molecule has 4 atom stereocenters. The van der Waals surface area contributed by atoms with E-state index in [2.05, 4.69) is 17.4 Å². The van der Waals surface area contributed by atoms with Crippen LogP contribution < -0.4 is 10.9 Å². The highest BCUT2D eigenvalue weighted by molar-refractivity contribution is 5.76. The van der Waals surface area contributed by atoms with Gasteiger partial charge in [0, 0.05) is 36.7 Å². The summed E-state index contributed by atoms with van der Waals surface area (Å²) < 4.78 is 7.31. The maximum absolute atomic E-state index is 12.4. The predicted molar refractivity (Wildman–Crippen MR) is 94.1 cm³/mol. The lowest BCUT2D eigenvalue weighted by molar-refractivity contribution is -0.127. The van der Waals surface area contributed by atoms with Gasteiger partial charge in [-0.2, -0.15) is 0 Å². The number of pyridine rings is 1. The lowest BCUT2D eigenvalue weighted by Gasteiger charge is -2.48. The van der Waals surface area contributed by atoms with Crippen molar-refractivity contribution >= 4 is 5.91 Å². The van der Waals surface area contributed by atoms with E-state index in [1.54, 1.807) is 18.3 Å². The first-order chi connectivity index (χ1) is 12.2. The maximum Gasteiger partial charge on any atom is 0.250 e. The van der Waals surface area contributed by atoms with Gasteiger partial charge in [-0.3, -0.25) is 9.59 Å². The van der Waals surface area contributed by atoms with Crippen LogP contribution >= 0.6 is 0 Å². The van der Waals surface area contributed by atoms with E-state index in [-0.39, 0.29) is 30.2 Å². The molecule has 0 bridgehead atoms. The van der Waals surface area contributed by atoms with Crippen LogP contribution in [0.1, 0.15) is 12.0 Å². The minimum atomic E-state index is -0.158. The number of fused-ring (bicyclic) bond motifs is 1. The predicted octanol–water partition coefficient (Wildman–Crippen LogP) is 1.61. The summed E-state index contributed by atoms with van der Waals surface area (Å²) >= 11 is 0. The molecule has 130 valence electrons. The smallest absolute Gasteiger partial charge is 0.250 e. The fourth-order valence-corrected chi connectivity index (χ4v) is 4.15. The number of ether oxygens (including phenoxy) is 1. The zero-order valence-corrected chi connectivity index (χ0v) is 14.0. The zero-order valence-electron chi connectivity index (χ0n) is 14.0. The third-order valence-corrected chi connectivity index (χ3v) is 5.38. The second-order valence-corrected chi connectivity index (χ2v) is 6.90. The van der Waals surface area contributed by atoms with Crippen LogP contribution in [0.25, 0.3) is 0 Å². The molecule has 1 saturated heterocycles. The van der Waals surface area contributed by atoms with E-state index in [9.17, 15) is 9.59 Å². The Morgan fingerprint density at radius 3 is 2.76 bits per heavy atom. The molecule has 1 amide bonds. The normalized spacial score (nSPS) is 27.4. The number of hydrogen-bond acceptors (Lipinski definition) is 3. The summed E-state index contributed by atoms with van der Waals surface area (Å²) in [5, 5.41) is 3.16. The van der Waals surface area contributed by atoms with Crippen molar-refractivity contribution in [1.82, 2.24) is 9.88 Å².